The molecular formula is C21H16F2N6. The van der Waals surface area contributed by atoms with Crippen molar-refractivity contribution in [2.75, 3.05) is 0 Å². The van der Waals surface area contributed by atoms with Crippen LogP contribution in [0.25, 0.3) is 33.1 Å². The number of rotatable bonds is 3. The first-order valence-electron chi connectivity index (χ1n) is 9.33. The van der Waals surface area contributed by atoms with Crippen LogP contribution in [0.3, 0.4) is 0 Å². The molecule has 1 aliphatic rings. The zero-order chi connectivity index (χ0) is 20.0. The Morgan fingerprint density at radius 3 is 2.86 bits per heavy atom. The van der Waals surface area contributed by atoms with Crippen molar-refractivity contribution in [2.24, 2.45) is 5.92 Å². The third-order valence-electron chi connectivity index (χ3n) is 5.42. The highest BCUT2D eigenvalue weighted by atomic mass is 19.3. The van der Waals surface area contributed by atoms with Gasteiger partial charge in [-0.3, -0.25) is 4.98 Å². The first-order valence-corrected chi connectivity index (χ1v) is 9.33. The minimum atomic E-state index is -2.68. The fourth-order valence-corrected chi connectivity index (χ4v) is 3.93. The molecule has 0 saturated carbocycles. The van der Waals surface area contributed by atoms with Gasteiger partial charge in [-0.05, 0) is 42.5 Å². The number of halogens is 2. The summed E-state index contributed by atoms with van der Waals surface area (Å²) in [6.45, 7) is -2.68. The van der Waals surface area contributed by atoms with E-state index < -0.39 is 6.55 Å². The van der Waals surface area contributed by atoms with Gasteiger partial charge in [0.1, 0.15) is 0 Å². The topological polar surface area (TPSA) is 71.8 Å². The Bertz CT molecular complexity index is 1290. The Balaban J connectivity index is 1.64. The fourth-order valence-electron chi connectivity index (χ4n) is 3.93. The maximum absolute atomic E-state index is 13.1. The second-order valence-electron chi connectivity index (χ2n) is 7.10. The zero-order valence-electron chi connectivity index (χ0n) is 15.3. The van der Waals surface area contributed by atoms with Crippen LogP contribution in [0.2, 0.25) is 0 Å². The van der Waals surface area contributed by atoms with Gasteiger partial charge >= 0.3 is 6.55 Å². The van der Waals surface area contributed by atoms with Crippen molar-refractivity contribution in [3.05, 3.63) is 54.8 Å². The highest BCUT2D eigenvalue weighted by Crippen LogP contribution is 2.35. The maximum atomic E-state index is 13.1. The first-order chi connectivity index (χ1) is 14.2. The molecule has 0 radical (unpaired) electrons. The molecule has 0 fully saturated rings. The lowest BCUT2D eigenvalue weighted by atomic mass is 9.88. The Labute approximate surface area is 164 Å². The molecule has 3 aromatic heterocycles. The summed E-state index contributed by atoms with van der Waals surface area (Å²) in [7, 11) is 0. The van der Waals surface area contributed by atoms with Gasteiger partial charge < -0.3 is 0 Å². The van der Waals surface area contributed by atoms with Gasteiger partial charge in [0.05, 0.1) is 41.1 Å². The van der Waals surface area contributed by atoms with Gasteiger partial charge in [0.25, 0.3) is 0 Å². The van der Waals surface area contributed by atoms with Crippen LogP contribution in [-0.2, 0) is 0 Å². The molecule has 0 amide bonds. The van der Waals surface area contributed by atoms with Crippen LogP contribution in [0.15, 0.2) is 49.1 Å². The molecular weight excluding hydrogens is 374 g/mol. The zero-order valence-corrected chi connectivity index (χ0v) is 15.3. The average molecular weight is 390 g/mol. The molecule has 6 nitrogen and oxygen atoms in total. The quantitative estimate of drug-likeness (QED) is 0.501. The predicted molar refractivity (Wildman–Crippen MR) is 104 cm³/mol. The smallest absolute Gasteiger partial charge is 0.253 e. The Morgan fingerprint density at radius 2 is 2.10 bits per heavy atom. The van der Waals surface area contributed by atoms with E-state index in [0.717, 1.165) is 47.2 Å². The summed E-state index contributed by atoms with van der Waals surface area (Å²) < 4.78 is 28.6. The van der Waals surface area contributed by atoms with Gasteiger partial charge in [-0.1, -0.05) is 12.1 Å². The molecule has 1 atom stereocenters. The van der Waals surface area contributed by atoms with Gasteiger partial charge in [0.2, 0.25) is 0 Å². The molecule has 0 saturated heterocycles. The van der Waals surface area contributed by atoms with E-state index in [2.05, 4.69) is 27.3 Å². The summed E-state index contributed by atoms with van der Waals surface area (Å²) in [6, 6.07) is 7.63. The Kier molecular flexibility index (Phi) is 4.09. The van der Waals surface area contributed by atoms with Gasteiger partial charge in [0.15, 0.2) is 0 Å². The molecule has 1 aliphatic carbocycles. The summed E-state index contributed by atoms with van der Waals surface area (Å²) in [5.41, 5.74) is 4.95. The molecule has 0 bridgehead atoms. The van der Waals surface area contributed by atoms with E-state index in [1.807, 2.05) is 6.07 Å². The summed E-state index contributed by atoms with van der Waals surface area (Å²) in [4.78, 5) is 4.60. The number of allylic oxidation sites excluding steroid dienone is 2. The van der Waals surface area contributed by atoms with Gasteiger partial charge in [-0.2, -0.15) is 24.2 Å². The molecule has 3 heterocycles. The second-order valence-corrected chi connectivity index (χ2v) is 7.10. The minimum absolute atomic E-state index is 0.0524. The van der Waals surface area contributed by atoms with Crippen LogP contribution in [-0.4, -0.2) is 24.4 Å². The van der Waals surface area contributed by atoms with Crippen LogP contribution in [0.4, 0.5) is 8.78 Å². The van der Waals surface area contributed by atoms with Crippen LogP contribution < -0.4 is 0 Å². The van der Waals surface area contributed by atoms with Crippen molar-refractivity contribution in [1.29, 1.82) is 5.26 Å². The molecule has 1 unspecified atom stereocenters. The lowest BCUT2D eigenvalue weighted by molar-refractivity contribution is 0.0615. The van der Waals surface area contributed by atoms with E-state index in [-0.39, 0.29) is 5.92 Å². The highest BCUT2D eigenvalue weighted by Gasteiger charge is 2.20. The van der Waals surface area contributed by atoms with Gasteiger partial charge in [-0.25, -0.2) is 9.20 Å². The average Bonchev–Trinajstić information content (AvgIpc) is 3.37. The van der Waals surface area contributed by atoms with Crippen LogP contribution in [0, 0.1) is 17.2 Å². The van der Waals surface area contributed by atoms with Crippen molar-refractivity contribution in [1.82, 2.24) is 24.4 Å². The minimum Gasteiger partial charge on any atom is -0.253 e. The van der Waals surface area contributed by atoms with E-state index in [9.17, 15) is 8.78 Å². The van der Waals surface area contributed by atoms with Crippen molar-refractivity contribution in [3.8, 4) is 17.2 Å². The maximum Gasteiger partial charge on any atom is 0.333 e. The van der Waals surface area contributed by atoms with Crippen molar-refractivity contribution >= 4 is 22.0 Å². The SMILES string of the molecule is N#CC1CC=C(c2nccn3ncc(-c4ccc5c(cnn5C(F)F)c4)c23)CC1. The number of hydrogen-bond acceptors (Lipinski definition) is 4. The molecule has 5 rings (SSSR count). The summed E-state index contributed by atoms with van der Waals surface area (Å²) in [5, 5.41) is 18.0. The van der Waals surface area contributed by atoms with E-state index >= 15 is 0 Å². The number of hydrogen-bond donors (Lipinski definition) is 0. The monoisotopic (exact) mass is 390 g/mol. The number of aromatic nitrogens is 5. The molecule has 0 spiro atoms. The van der Waals surface area contributed by atoms with Gasteiger partial charge in [-0.15, -0.1) is 0 Å². The van der Waals surface area contributed by atoms with Crippen molar-refractivity contribution in [2.45, 2.75) is 25.8 Å². The fraction of sp³-hybridized carbons (Fsp3) is 0.238. The van der Waals surface area contributed by atoms with Crippen molar-refractivity contribution < 1.29 is 8.78 Å². The summed E-state index contributed by atoms with van der Waals surface area (Å²) in [6.07, 6.45) is 11.1. The largest absolute Gasteiger partial charge is 0.333 e. The number of nitriles is 1. The Morgan fingerprint density at radius 1 is 1.21 bits per heavy atom. The van der Waals surface area contributed by atoms with E-state index in [0.29, 0.717) is 15.6 Å². The second kappa shape index (κ2) is 6.78. The number of nitrogens with zero attached hydrogens (tertiary/aromatic N) is 6. The third-order valence-corrected chi connectivity index (χ3v) is 5.42. The van der Waals surface area contributed by atoms with E-state index in [4.69, 9.17) is 5.26 Å². The van der Waals surface area contributed by atoms with Crippen LogP contribution >= 0.6 is 0 Å². The standard InChI is InChI=1S/C21H16F2N6/c22-21(23)29-18-6-5-15(9-16(18)11-27-29)17-12-26-28-8-7-25-19(20(17)28)14-3-1-13(10-24)2-4-14/h3,5-9,11-13,21H,1-2,4H2. The van der Waals surface area contributed by atoms with Gasteiger partial charge in [0, 0.05) is 23.3 Å². The number of benzene rings is 1. The predicted octanol–water partition coefficient (Wildman–Crippen LogP) is 4.85. The molecule has 0 N–H and O–H groups in total. The first kappa shape index (κ1) is 17.5. The van der Waals surface area contributed by atoms with Crippen LogP contribution in [0.1, 0.15) is 31.5 Å². The Hall–Kier alpha value is -3.60. The molecule has 1 aromatic carbocycles. The molecule has 8 heteroatoms. The molecule has 4 aromatic rings. The van der Waals surface area contributed by atoms with E-state index in [1.165, 1.54) is 6.20 Å². The van der Waals surface area contributed by atoms with Crippen LogP contribution in [0.5, 0.6) is 0 Å². The number of alkyl halides is 2. The number of fused-ring (bicyclic) bond motifs is 2. The summed E-state index contributed by atoms with van der Waals surface area (Å²) in [5.74, 6) is 0.0524. The van der Waals surface area contributed by atoms with Crippen molar-refractivity contribution in [3.63, 3.8) is 0 Å². The normalized spacial score (nSPS) is 17.0. The lowest BCUT2D eigenvalue weighted by Gasteiger charge is -2.17. The summed E-state index contributed by atoms with van der Waals surface area (Å²) >= 11 is 0. The third kappa shape index (κ3) is 2.86. The lowest BCUT2D eigenvalue weighted by Crippen LogP contribution is -2.05. The molecule has 29 heavy (non-hydrogen) atoms. The van der Waals surface area contributed by atoms with E-state index in [1.54, 1.807) is 35.2 Å². The molecule has 0 aliphatic heterocycles. The molecule has 144 valence electrons. The highest BCUT2D eigenvalue weighted by molar-refractivity contribution is 5.92.